The molecule has 0 unspecified atom stereocenters. The van der Waals surface area contributed by atoms with Crippen LogP contribution in [0, 0.1) is 20.8 Å². The maximum Gasteiger partial charge on any atom is 0.194 e. The summed E-state index contributed by atoms with van der Waals surface area (Å²) in [7, 11) is 0. The van der Waals surface area contributed by atoms with Crippen molar-refractivity contribution >= 4 is 6.29 Å². The molecular weight excluding hydrogens is 302 g/mol. The lowest BCUT2D eigenvalue weighted by atomic mass is 10.1. The molecule has 0 fully saturated rings. The van der Waals surface area contributed by atoms with E-state index in [0.29, 0.717) is 18.1 Å². The number of aromatic nitrogens is 1. The van der Waals surface area contributed by atoms with Crippen molar-refractivity contribution in [3.63, 3.8) is 0 Å². The number of furan rings is 1. The van der Waals surface area contributed by atoms with Crippen LogP contribution < -0.4 is 0 Å². The summed E-state index contributed by atoms with van der Waals surface area (Å²) in [5.74, 6) is 3.13. The van der Waals surface area contributed by atoms with Gasteiger partial charge >= 0.3 is 0 Å². The lowest BCUT2D eigenvalue weighted by Crippen LogP contribution is -1.91. The highest BCUT2D eigenvalue weighted by atomic mass is 16.4. The van der Waals surface area contributed by atoms with Crippen LogP contribution >= 0.6 is 0 Å². The van der Waals surface area contributed by atoms with Gasteiger partial charge in [0.2, 0.25) is 0 Å². The zero-order chi connectivity index (χ0) is 17.1. The Morgan fingerprint density at radius 3 is 2.50 bits per heavy atom. The Morgan fingerprint density at radius 2 is 1.79 bits per heavy atom. The summed E-state index contributed by atoms with van der Waals surface area (Å²) < 4.78 is 11.5. The SMILES string of the molecule is Cc1ccc(-c2cc(CCc3nc(C)c(CC=O)o3)c(C)o2)cc1. The number of aldehydes is 1. The molecule has 0 radical (unpaired) electrons. The van der Waals surface area contributed by atoms with Crippen molar-refractivity contribution in [2.45, 2.75) is 40.0 Å². The van der Waals surface area contributed by atoms with Crippen molar-refractivity contribution in [1.82, 2.24) is 4.98 Å². The van der Waals surface area contributed by atoms with E-state index < -0.39 is 0 Å². The number of rotatable bonds is 6. The Balaban J connectivity index is 1.73. The smallest absolute Gasteiger partial charge is 0.194 e. The molecule has 0 amide bonds. The van der Waals surface area contributed by atoms with E-state index in [2.05, 4.69) is 42.2 Å². The molecule has 0 saturated heterocycles. The molecule has 0 bridgehead atoms. The molecule has 124 valence electrons. The van der Waals surface area contributed by atoms with E-state index >= 15 is 0 Å². The third-order valence-electron chi connectivity index (χ3n) is 4.17. The number of carbonyl (C=O) groups excluding carboxylic acids is 1. The van der Waals surface area contributed by atoms with Gasteiger partial charge in [-0.2, -0.15) is 0 Å². The van der Waals surface area contributed by atoms with Gasteiger partial charge in [-0.3, -0.25) is 0 Å². The van der Waals surface area contributed by atoms with E-state index in [4.69, 9.17) is 8.83 Å². The first-order chi connectivity index (χ1) is 11.6. The lowest BCUT2D eigenvalue weighted by molar-refractivity contribution is -0.107. The van der Waals surface area contributed by atoms with Crippen LogP contribution in [0.3, 0.4) is 0 Å². The molecule has 1 aromatic carbocycles. The summed E-state index contributed by atoms with van der Waals surface area (Å²) in [6, 6.07) is 10.4. The molecular formula is C20H21NO3. The number of nitrogens with zero attached hydrogens (tertiary/aromatic N) is 1. The monoisotopic (exact) mass is 323 g/mol. The molecule has 0 aliphatic rings. The van der Waals surface area contributed by atoms with Gasteiger partial charge in [-0.15, -0.1) is 0 Å². The molecule has 3 rings (SSSR count). The molecule has 24 heavy (non-hydrogen) atoms. The van der Waals surface area contributed by atoms with Crippen LogP contribution in [-0.2, 0) is 24.1 Å². The van der Waals surface area contributed by atoms with E-state index in [1.165, 1.54) is 5.56 Å². The normalized spacial score (nSPS) is 11.0. The van der Waals surface area contributed by atoms with Gasteiger partial charge in [0.15, 0.2) is 5.89 Å². The van der Waals surface area contributed by atoms with Crippen LogP contribution in [0.1, 0.15) is 34.2 Å². The number of aryl methyl sites for hydroxylation is 5. The van der Waals surface area contributed by atoms with Gasteiger partial charge in [0.25, 0.3) is 0 Å². The summed E-state index contributed by atoms with van der Waals surface area (Å²) in [5.41, 5.74) is 4.25. The van der Waals surface area contributed by atoms with Crippen molar-refractivity contribution < 1.29 is 13.6 Å². The zero-order valence-electron chi connectivity index (χ0n) is 14.3. The molecule has 2 aromatic heterocycles. The summed E-state index contributed by atoms with van der Waals surface area (Å²) in [4.78, 5) is 15.0. The number of hydrogen-bond donors (Lipinski definition) is 0. The van der Waals surface area contributed by atoms with Gasteiger partial charge in [0, 0.05) is 12.0 Å². The number of oxazole rings is 1. The highest BCUT2D eigenvalue weighted by molar-refractivity contribution is 5.59. The fourth-order valence-electron chi connectivity index (χ4n) is 2.73. The van der Waals surface area contributed by atoms with Crippen LogP contribution in [0.5, 0.6) is 0 Å². The molecule has 4 heteroatoms. The number of hydrogen-bond acceptors (Lipinski definition) is 4. The summed E-state index contributed by atoms with van der Waals surface area (Å²) in [5, 5.41) is 0. The molecule has 0 aliphatic heterocycles. The van der Waals surface area contributed by atoms with E-state index in [-0.39, 0.29) is 6.42 Å². The summed E-state index contributed by atoms with van der Waals surface area (Å²) >= 11 is 0. The second kappa shape index (κ2) is 6.87. The standard InChI is InChI=1S/C20H21NO3/c1-13-4-6-16(7-5-13)19-12-17(15(3)23-19)8-9-20-21-14(2)18(24-20)10-11-22/h4-7,11-12H,8-10H2,1-3H3. The quantitative estimate of drug-likeness (QED) is 0.631. The second-order valence-corrected chi connectivity index (χ2v) is 6.05. The van der Waals surface area contributed by atoms with Crippen LogP contribution in [-0.4, -0.2) is 11.3 Å². The molecule has 4 nitrogen and oxygen atoms in total. The fourth-order valence-corrected chi connectivity index (χ4v) is 2.73. The molecule has 0 saturated carbocycles. The van der Waals surface area contributed by atoms with E-state index in [9.17, 15) is 4.79 Å². The third-order valence-corrected chi connectivity index (χ3v) is 4.17. The Kier molecular flexibility index (Phi) is 4.65. The first-order valence-corrected chi connectivity index (χ1v) is 8.12. The van der Waals surface area contributed by atoms with Crippen molar-refractivity contribution in [3.8, 4) is 11.3 Å². The van der Waals surface area contributed by atoms with Crippen LogP contribution in [0.15, 0.2) is 39.2 Å². The summed E-state index contributed by atoms with van der Waals surface area (Å²) in [6.45, 7) is 5.91. The van der Waals surface area contributed by atoms with E-state index in [0.717, 1.165) is 41.0 Å². The minimum Gasteiger partial charge on any atom is -0.461 e. The van der Waals surface area contributed by atoms with Crippen molar-refractivity contribution in [1.29, 1.82) is 0 Å². The molecule has 0 aliphatic carbocycles. The van der Waals surface area contributed by atoms with Crippen LogP contribution in [0.4, 0.5) is 0 Å². The first kappa shape index (κ1) is 16.2. The Labute approximate surface area is 141 Å². The minimum absolute atomic E-state index is 0.279. The van der Waals surface area contributed by atoms with Gasteiger partial charge < -0.3 is 13.6 Å². The van der Waals surface area contributed by atoms with Crippen LogP contribution in [0.25, 0.3) is 11.3 Å². The molecule has 0 N–H and O–H groups in total. The predicted octanol–water partition coefficient (Wildman–Crippen LogP) is 4.39. The van der Waals surface area contributed by atoms with Crippen molar-refractivity contribution in [2.24, 2.45) is 0 Å². The largest absolute Gasteiger partial charge is 0.461 e. The fraction of sp³-hybridized carbons (Fsp3) is 0.300. The Hall–Kier alpha value is -2.62. The average Bonchev–Trinajstić information content (AvgIpc) is 3.10. The molecule has 0 spiro atoms. The Bertz CT molecular complexity index is 840. The second-order valence-electron chi connectivity index (χ2n) is 6.05. The Morgan fingerprint density at radius 1 is 1.04 bits per heavy atom. The number of benzene rings is 1. The van der Waals surface area contributed by atoms with Crippen LogP contribution in [0.2, 0.25) is 0 Å². The maximum atomic E-state index is 10.6. The minimum atomic E-state index is 0.279. The van der Waals surface area contributed by atoms with Gasteiger partial charge in [-0.25, -0.2) is 4.98 Å². The lowest BCUT2D eigenvalue weighted by Gasteiger charge is -1.96. The first-order valence-electron chi connectivity index (χ1n) is 8.12. The topological polar surface area (TPSA) is 56.2 Å². The van der Waals surface area contributed by atoms with Crippen molar-refractivity contribution in [3.05, 3.63) is 64.6 Å². The van der Waals surface area contributed by atoms with Gasteiger partial charge in [0.05, 0.1) is 12.1 Å². The summed E-state index contributed by atoms with van der Waals surface area (Å²) in [6.07, 6.45) is 2.60. The molecule has 3 aromatic rings. The number of carbonyl (C=O) groups is 1. The van der Waals surface area contributed by atoms with Gasteiger partial charge in [-0.05, 0) is 38.8 Å². The van der Waals surface area contributed by atoms with E-state index in [1.54, 1.807) is 0 Å². The predicted molar refractivity (Wildman–Crippen MR) is 92.0 cm³/mol. The zero-order valence-corrected chi connectivity index (χ0v) is 14.3. The average molecular weight is 323 g/mol. The maximum absolute atomic E-state index is 10.6. The molecule has 0 atom stereocenters. The van der Waals surface area contributed by atoms with Gasteiger partial charge in [-0.1, -0.05) is 29.8 Å². The van der Waals surface area contributed by atoms with E-state index in [1.807, 2.05) is 13.8 Å². The van der Waals surface area contributed by atoms with Crippen molar-refractivity contribution in [2.75, 3.05) is 0 Å². The highest BCUT2D eigenvalue weighted by Crippen LogP contribution is 2.26. The third kappa shape index (κ3) is 3.48. The van der Waals surface area contributed by atoms with Gasteiger partial charge in [0.1, 0.15) is 23.6 Å². The highest BCUT2D eigenvalue weighted by Gasteiger charge is 2.13. The molecule has 2 heterocycles.